The Bertz CT molecular complexity index is 613. The van der Waals surface area contributed by atoms with E-state index in [0.717, 1.165) is 6.42 Å². The Hall–Kier alpha value is -2.57. The van der Waals surface area contributed by atoms with E-state index in [0.29, 0.717) is 24.3 Å². The zero-order chi connectivity index (χ0) is 17.7. The molecule has 7 nitrogen and oxygen atoms in total. The molecule has 130 valence electrons. The summed E-state index contributed by atoms with van der Waals surface area (Å²) in [4.78, 5) is 37.1. The van der Waals surface area contributed by atoms with E-state index >= 15 is 0 Å². The summed E-state index contributed by atoms with van der Waals surface area (Å²) >= 11 is 0. The molecule has 1 saturated heterocycles. The van der Waals surface area contributed by atoms with E-state index in [-0.39, 0.29) is 23.9 Å². The van der Waals surface area contributed by atoms with Crippen LogP contribution in [0, 0.1) is 0 Å². The third kappa shape index (κ3) is 4.71. The first-order valence-corrected chi connectivity index (χ1v) is 8.12. The highest BCUT2D eigenvalue weighted by molar-refractivity contribution is 5.97. The maximum atomic E-state index is 12.3. The van der Waals surface area contributed by atoms with Crippen LogP contribution in [0.3, 0.4) is 0 Å². The minimum absolute atomic E-state index is 0.0548. The fourth-order valence-electron chi connectivity index (χ4n) is 2.71. The standard InChI is InChI=1S/C17H24N4O3/c1-11(2)18-17(24)20-14-8-6-13(7-9-14)19-16(23)15-5-4-10-21(15)12(3)22/h6-9,11,15H,4-5,10H2,1-3H3,(H,19,23)(H2,18,20,24). The molecule has 4 amide bonds. The summed E-state index contributed by atoms with van der Waals surface area (Å²) in [5, 5.41) is 8.27. The highest BCUT2D eigenvalue weighted by atomic mass is 16.2. The van der Waals surface area contributed by atoms with Gasteiger partial charge in [0.2, 0.25) is 11.8 Å². The predicted octanol–water partition coefficient (Wildman–Crippen LogP) is 2.17. The molecule has 1 heterocycles. The third-order valence-corrected chi connectivity index (χ3v) is 3.79. The number of urea groups is 1. The zero-order valence-electron chi connectivity index (χ0n) is 14.3. The maximum absolute atomic E-state index is 12.3. The number of anilines is 2. The molecule has 1 unspecified atom stereocenters. The van der Waals surface area contributed by atoms with Gasteiger partial charge in [0.25, 0.3) is 0 Å². The van der Waals surface area contributed by atoms with Crippen LogP contribution >= 0.6 is 0 Å². The second-order valence-electron chi connectivity index (χ2n) is 6.19. The van der Waals surface area contributed by atoms with Gasteiger partial charge in [-0.2, -0.15) is 0 Å². The lowest BCUT2D eigenvalue weighted by Crippen LogP contribution is -2.42. The van der Waals surface area contributed by atoms with Crippen molar-refractivity contribution in [2.45, 2.75) is 45.7 Å². The van der Waals surface area contributed by atoms with Crippen LogP contribution in [-0.4, -0.2) is 41.4 Å². The van der Waals surface area contributed by atoms with Crippen LogP contribution in [-0.2, 0) is 9.59 Å². The molecule has 0 radical (unpaired) electrons. The average molecular weight is 332 g/mol. The van der Waals surface area contributed by atoms with Crippen molar-refractivity contribution in [1.82, 2.24) is 10.2 Å². The fraction of sp³-hybridized carbons (Fsp3) is 0.471. The summed E-state index contributed by atoms with van der Waals surface area (Å²) in [5.41, 5.74) is 1.27. The summed E-state index contributed by atoms with van der Waals surface area (Å²) in [6.07, 6.45) is 1.52. The lowest BCUT2D eigenvalue weighted by molar-refractivity contribution is -0.134. The van der Waals surface area contributed by atoms with Crippen molar-refractivity contribution >= 4 is 29.2 Å². The molecular formula is C17H24N4O3. The van der Waals surface area contributed by atoms with Gasteiger partial charge in [-0.15, -0.1) is 0 Å². The molecule has 0 aliphatic carbocycles. The second-order valence-corrected chi connectivity index (χ2v) is 6.19. The molecule has 2 rings (SSSR count). The number of likely N-dealkylation sites (tertiary alicyclic amines) is 1. The molecule has 1 aliphatic heterocycles. The van der Waals surface area contributed by atoms with Crippen molar-refractivity contribution in [2.75, 3.05) is 17.2 Å². The number of rotatable bonds is 4. The largest absolute Gasteiger partial charge is 0.336 e. The number of nitrogens with zero attached hydrogens (tertiary/aromatic N) is 1. The molecule has 1 atom stereocenters. The normalized spacial score (nSPS) is 16.8. The van der Waals surface area contributed by atoms with Gasteiger partial charge in [-0.05, 0) is 51.0 Å². The zero-order valence-corrected chi connectivity index (χ0v) is 14.3. The first kappa shape index (κ1) is 17.8. The van der Waals surface area contributed by atoms with E-state index in [4.69, 9.17) is 0 Å². The molecule has 1 fully saturated rings. The number of nitrogens with one attached hydrogen (secondary N) is 3. The molecule has 24 heavy (non-hydrogen) atoms. The Morgan fingerprint density at radius 2 is 1.67 bits per heavy atom. The van der Waals surface area contributed by atoms with E-state index in [1.54, 1.807) is 29.2 Å². The van der Waals surface area contributed by atoms with Gasteiger partial charge in [0, 0.05) is 30.9 Å². The van der Waals surface area contributed by atoms with Crippen LogP contribution < -0.4 is 16.0 Å². The van der Waals surface area contributed by atoms with Crippen molar-refractivity contribution in [3.8, 4) is 0 Å². The van der Waals surface area contributed by atoms with Crippen molar-refractivity contribution < 1.29 is 14.4 Å². The Morgan fingerprint density at radius 1 is 1.08 bits per heavy atom. The van der Waals surface area contributed by atoms with Crippen molar-refractivity contribution in [2.24, 2.45) is 0 Å². The second kappa shape index (κ2) is 7.81. The summed E-state index contributed by atoms with van der Waals surface area (Å²) in [6, 6.07) is 6.24. The van der Waals surface area contributed by atoms with E-state index in [9.17, 15) is 14.4 Å². The monoisotopic (exact) mass is 332 g/mol. The molecule has 0 spiro atoms. The fourth-order valence-corrected chi connectivity index (χ4v) is 2.71. The molecule has 0 bridgehead atoms. The number of hydrogen-bond donors (Lipinski definition) is 3. The maximum Gasteiger partial charge on any atom is 0.319 e. The number of hydrogen-bond acceptors (Lipinski definition) is 3. The Balaban J connectivity index is 1.92. The van der Waals surface area contributed by atoms with Gasteiger partial charge in [-0.3, -0.25) is 9.59 Å². The first-order chi connectivity index (χ1) is 11.4. The van der Waals surface area contributed by atoms with Gasteiger partial charge in [-0.25, -0.2) is 4.79 Å². The molecule has 1 aromatic rings. The molecule has 1 aliphatic rings. The van der Waals surface area contributed by atoms with Gasteiger partial charge < -0.3 is 20.9 Å². The van der Waals surface area contributed by atoms with Crippen LogP contribution in [0.4, 0.5) is 16.2 Å². The predicted molar refractivity (Wildman–Crippen MR) is 92.8 cm³/mol. The van der Waals surface area contributed by atoms with Gasteiger partial charge in [-0.1, -0.05) is 0 Å². The van der Waals surface area contributed by atoms with Crippen LogP contribution in [0.1, 0.15) is 33.6 Å². The summed E-state index contributed by atoms with van der Waals surface area (Å²) < 4.78 is 0. The van der Waals surface area contributed by atoms with Gasteiger partial charge in [0.15, 0.2) is 0 Å². The van der Waals surface area contributed by atoms with Gasteiger partial charge in [0.1, 0.15) is 6.04 Å². The Labute approximate surface area is 141 Å². The summed E-state index contributed by atoms with van der Waals surface area (Å²) in [6.45, 7) is 5.87. The molecule has 0 saturated carbocycles. The van der Waals surface area contributed by atoms with Crippen molar-refractivity contribution in [3.05, 3.63) is 24.3 Å². The summed E-state index contributed by atoms with van der Waals surface area (Å²) in [5.74, 6) is -0.260. The Morgan fingerprint density at radius 3 is 2.21 bits per heavy atom. The van der Waals surface area contributed by atoms with Crippen LogP contribution in [0.25, 0.3) is 0 Å². The highest BCUT2D eigenvalue weighted by Crippen LogP contribution is 2.20. The number of amides is 4. The molecule has 7 heteroatoms. The minimum atomic E-state index is -0.405. The SMILES string of the molecule is CC(=O)N1CCCC1C(=O)Nc1ccc(NC(=O)NC(C)C)cc1. The minimum Gasteiger partial charge on any atom is -0.336 e. The topological polar surface area (TPSA) is 90.5 Å². The van der Waals surface area contributed by atoms with E-state index in [2.05, 4.69) is 16.0 Å². The first-order valence-electron chi connectivity index (χ1n) is 8.12. The Kier molecular flexibility index (Phi) is 5.78. The lowest BCUT2D eigenvalue weighted by Gasteiger charge is -2.22. The molecule has 1 aromatic carbocycles. The van der Waals surface area contributed by atoms with Crippen molar-refractivity contribution in [1.29, 1.82) is 0 Å². The molecular weight excluding hydrogens is 308 g/mol. The van der Waals surface area contributed by atoms with E-state index in [1.165, 1.54) is 6.92 Å². The van der Waals surface area contributed by atoms with E-state index in [1.807, 2.05) is 13.8 Å². The molecule has 0 aromatic heterocycles. The van der Waals surface area contributed by atoms with Gasteiger partial charge in [0.05, 0.1) is 0 Å². The quantitative estimate of drug-likeness (QED) is 0.789. The van der Waals surface area contributed by atoms with Crippen LogP contribution in [0.2, 0.25) is 0 Å². The lowest BCUT2D eigenvalue weighted by atomic mass is 10.2. The van der Waals surface area contributed by atoms with Crippen LogP contribution in [0.5, 0.6) is 0 Å². The van der Waals surface area contributed by atoms with Crippen LogP contribution in [0.15, 0.2) is 24.3 Å². The number of carbonyl (C=O) groups excluding carboxylic acids is 3. The van der Waals surface area contributed by atoms with Gasteiger partial charge >= 0.3 is 6.03 Å². The smallest absolute Gasteiger partial charge is 0.319 e. The van der Waals surface area contributed by atoms with E-state index < -0.39 is 6.04 Å². The molecule has 3 N–H and O–H groups in total. The summed E-state index contributed by atoms with van der Waals surface area (Å²) in [7, 11) is 0. The number of benzene rings is 1. The van der Waals surface area contributed by atoms with Crippen molar-refractivity contribution in [3.63, 3.8) is 0 Å². The highest BCUT2D eigenvalue weighted by Gasteiger charge is 2.32. The number of carbonyl (C=O) groups is 3. The third-order valence-electron chi connectivity index (χ3n) is 3.79. The average Bonchev–Trinajstić information content (AvgIpc) is 2.98.